The maximum atomic E-state index is 11.0. The quantitative estimate of drug-likeness (QED) is 0.593. The summed E-state index contributed by atoms with van der Waals surface area (Å²) >= 11 is 0. The van der Waals surface area contributed by atoms with E-state index in [1.807, 2.05) is 6.92 Å². The molecular formula is C17H20N6O4. The van der Waals surface area contributed by atoms with Crippen LogP contribution in [0.3, 0.4) is 0 Å². The minimum atomic E-state index is -0.435. The molecule has 2 aromatic heterocycles. The molecule has 3 rings (SSSR count). The standard InChI is InChI=1S/C17H20N6O4/c1-11-6-16(18-8-14(11)22(24)25)20-4-5-21(13(3)10-20)17-7-12(2)15(9-19-17)23(26)27/h6-9,13H,4-5,10H2,1-3H3/t13-/m1/s1. The molecule has 0 amide bonds. The number of aromatic nitrogens is 2. The van der Waals surface area contributed by atoms with Gasteiger partial charge in [0.25, 0.3) is 11.4 Å². The summed E-state index contributed by atoms with van der Waals surface area (Å²) in [5.74, 6) is 1.41. The van der Waals surface area contributed by atoms with Crippen LogP contribution in [0.2, 0.25) is 0 Å². The van der Waals surface area contributed by atoms with Crippen LogP contribution in [-0.2, 0) is 0 Å². The highest BCUT2D eigenvalue weighted by atomic mass is 16.6. The van der Waals surface area contributed by atoms with E-state index in [9.17, 15) is 20.2 Å². The van der Waals surface area contributed by atoms with Crippen LogP contribution in [0.25, 0.3) is 0 Å². The number of hydrogen-bond donors (Lipinski definition) is 0. The van der Waals surface area contributed by atoms with Crippen LogP contribution in [0.5, 0.6) is 0 Å². The van der Waals surface area contributed by atoms with Gasteiger partial charge in [-0.3, -0.25) is 20.2 Å². The molecule has 0 unspecified atom stereocenters. The molecule has 10 heteroatoms. The van der Waals surface area contributed by atoms with Gasteiger partial charge in [-0.15, -0.1) is 0 Å². The van der Waals surface area contributed by atoms with E-state index in [0.717, 1.165) is 0 Å². The fraction of sp³-hybridized carbons (Fsp3) is 0.412. The van der Waals surface area contributed by atoms with E-state index in [4.69, 9.17) is 0 Å². The number of pyridine rings is 2. The van der Waals surface area contributed by atoms with Gasteiger partial charge in [-0.05, 0) is 32.9 Å². The van der Waals surface area contributed by atoms with E-state index in [-0.39, 0.29) is 17.4 Å². The molecule has 0 N–H and O–H groups in total. The normalized spacial score (nSPS) is 17.1. The summed E-state index contributed by atoms with van der Waals surface area (Å²) in [6.45, 7) is 7.46. The maximum Gasteiger partial charge on any atom is 0.290 e. The number of piperazine rings is 1. The highest BCUT2D eigenvalue weighted by Gasteiger charge is 2.27. The second-order valence-corrected chi connectivity index (χ2v) is 6.66. The van der Waals surface area contributed by atoms with E-state index < -0.39 is 9.85 Å². The molecule has 27 heavy (non-hydrogen) atoms. The average molecular weight is 372 g/mol. The molecule has 0 radical (unpaired) electrons. The molecule has 0 spiro atoms. The summed E-state index contributed by atoms with van der Waals surface area (Å²) in [6.07, 6.45) is 2.59. The van der Waals surface area contributed by atoms with Crippen molar-refractivity contribution < 1.29 is 9.85 Å². The average Bonchev–Trinajstić information content (AvgIpc) is 2.60. The number of aryl methyl sites for hydroxylation is 2. The van der Waals surface area contributed by atoms with Gasteiger partial charge < -0.3 is 9.80 Å². The molecular weight excluding hydrogens is 352 g/mol. The van der Waals surface area contributed by atoms with Crippen LogP contribution in [0.4, 0.5) is 23.0 Å². The molecule has 0 aromatic carbocycles. The fourth-order valence-corrected chi connectivity index (χ4v) is 3.29. The van der Waals surface area contributed by atoms with Gasteiger partial charge in [-0.25, -0.2) is 9.97 Å². The lowest BCUT2D eigenvalue weighted by Crippen LogP contribution is -2.52. The Morgan fingerprint density at radius 3 is 1.96 bits per heavy atom. The van der Waals surface area contributed by atoms with Crippen molar-refractivity contribution in [3.8, 4) is 0 Å². The molecule has 0 bridgehead atoms. The first-order valence-electron chi connectivity index (χ1n) is 8.51. The Morgan fingerprint density at radius 1 is 0.963 bits per heavy atom. The monoisotopic (exact) mass is 372 g/mol. The van der Waals surface area contributed by atoms with Gasteiger partial charge in [-0.2, -0.15) is 0 Å². The number of anilines is 2. The molecule has 0 aliphatic carbocycles. The van der Waals surface area contributed by atoms with E-state index >= 15 is 0 Å². The molecule has 1 aliphatic rings. The summed E-state index contributed by atoms with van der Waals surface area (Å²) in [6, 6.07) is 3.57. The summed E-state index contributed by atoms with van der Waals surface area (Å²) in [4.78, 5) is 33.7. The first-order chi connectivity index (χ1) is 12.8. The van der Waals surface area contributed by atoms with Gasteiger partial charge in [-0.1, -0.05) is 0 Å². The zero-order valence-corrected chi connectivity index (χ0v) is 15.3. The van der Waals surface area contributed by atoms with Crippen LogP contribution in [0.15, 0.2) is 24.5 Å². The lowest BCUT2D eigenvalue weighted by Gasteiger charge is -2.41. The lowest BCUT2D eigenvalue weighted by atomic mass is 10.1. The van der Waals surface area contributed by atoms with Crippen molar-refractivity contribution in [3.05, 3.63) is 55.9 Å². The largest absolute Gasteiger partial charge is 0.353 e. The summed E-state index contributed by atoms with van der Waals surface area (Å²) in [7, 11) is 0. The van der Waals surface area contributed by atoms with Gasteiger partial charge >= 0.3 is 0 Å². The van der Waals surface area contributed by atoms with Crippen molar-refractivity contribution in [2.24, 2.45) is 0 Å². The number of nitro groups is 2. The Hall–Kier alpha value is -3.30. The second-order valence-electron chi connectivity index (χ2n) is 6.66. The molecule has 1 fully saturated rings. The fourth-order valence-electron chi connectivity index (χ4n) is 3.29. The molecule has 142 valence electrons. The Kier molecular flexibility index (Phi) is 4.89. The summed E-state index contributed by atoms with van der Waals surface area (Å²) in [5, 5.41) is 21.9. The van der Waals surface area contributed by atoms with Crippen molar-refractivity contribution in [2.45, 2.75) is 26.8 Å². The molecule has 0 saturated carbocycles. The molecule has 10 nitrogen and oxygen atoms in total. The molecule has 2 aromatic rings. The SMILES string of the molecule is Cc1cc(N2CCN(c3cc(C)c([N+](=O)[O-])cn3)[C@H](C)C2)ncc1[N+](=O)[O-]. The minimum absolute atomic E-state index is 0.00981. The zero-order chi connectivity index (χ0) is 19.7. The highest BCUT2D eigenvalue weighted by Crippen LogP contribution is 2.27. The van der Waals surface area contributed by atoms with Gasteiger partial charge in [0.05, 0.1) is 9.85 Å². The summed E-state index contributed by atoms with van der Waals surface area (Å²) < 4.78 is 0. The third-order valence-corrected chi connectivity index (χ3v) is 4.78. The number of nitrogens with zero attached hydrogens (tertiary/aromatic N) is 6. The van der Waals surface area contributed by atoms with Crippen molar-refractivity contribution in [2.75, 3.05) is 29.4 Å². The Bertz CT molecular complexity index is 903. The van der Waals surface area contributed by atoms with Crippen LogP contribution in [0, 0.1) is 34.1 Å². The molecule has 1 atom stereocenters. The van der Waals surface area contributed by atoms with Crippen molar-refractivity contribution >= 4 is 23.0 Å². The minimum Gasteiger partial charge on any atom is -0.353 e. The van der Waals surface area contributed by atoms with Crippen LogP contribution in [0.1, 0.15) is 18.1 Å². The maximum absolute atomic E-state index is 11.0. The van der Waals surface area contributed by atoms with Crippen molar-refractivity contribution in [3.63, 3.8) is 0 Å². The number of rotatable bonds is 4. The van der Waals surface area contributed by atoms with Crippen LogP contribution < -0.4 is 9.80 Å². The lowest BCUT2D eigenvalue weighted by molar-refractivity contribution is -0.385. The Balaban J connectivity index is 1.76. The van der Waals surface area contributed by atoms with Gasteiger partial charge in [0, 0.05) is 36.8 Å². The molecule has 3 heterocycles. The van der Waals surface area contributed by atoms with Gasteiger partial charge in [0.1, 0.15) is 24.0 Å². The Morgan fingerprint density at radius 2 is 1.48 bits per heavy atom. The number of hydrogen-bond acceptors (Lipinski definition) is 8. The Labute approximate surface area is 155 Å². The van der Waals surface area contributed by atoms with E-state index in [0.29, 0.717) is 42.4 Å². The highest BCUT2D eigenvalue weighted by molar-refractivity contribution is 5.53. The van der Waals surface area contributed by atoms with Crippen molar-refractivity contribution in [1.29, 1.82) is 0 Å². The zero-order valence-electron chi connectivity index (χ0n) is 15.3. The first-order valence-corrected chi connectivity index (χ1v) is 8.51. The van der Waals surface area contributed by atoms with Crippen LogP contribution in [-0.4, -0.2) is 45.5 Å². The molecule has 1 saturated heterocycles. The van der Waals surface area contributed by atoms with E-state index in [1.54, 1.807) is 26.0 Å². The topological polar surface area (TPSA) is 119 Å². The van der Waals surface area contributed by atoms with Crippen LogP contribution >= 0.6 is 0 Å². The third kappa shape index (κ3) is 3.64. The van der Waals surface area contributed by atoms with Gasteiger partial charge in [0.2, 0.25) is 0 Å². The molecule has 1 aliphatic heterocycles. The smallest absolute Gasteiger partial charge is 0.290 e. The van der Waals surface area contributed by atoms with Crippen molar-refractivity contribution in [1.82, 2.24) is 9.97 Å². The third-order valence-electron chi connectivity index (χ3n) is 4.78. The van der Waals surface area contributed by atoms with E-state index in [1.165, 1.54) is 12.4 Å². The predicted octanol–water partition coefficient (Wildman–Crippen LogP) is 2.62. The van der Waals surface area contributed by atoms with E-state index in [2.05, 4.69) is 19.8 Å². The predicted molar refractivity (Wildman–Crippen MR) is 100 cm³/mol. The summed E-state index contributed by atoms with van der Waals surface area (Å²) in [5.41, 5.74) is 1.17. The second kappa shape index (κ2) is 7.14. The van der Waals surface area contributed by atoms with Gasteiger partial charge in [0.15, 0.2) is 0 Å². The first kappa shape index (κ1) is 18.5.